The molecule has 1 N–H and O–H groups in total. The molecule has 0 spiro atoms. The minimum atomic E-state index is -1.09. The second-order valence-electron chi connectivity index (χ2n) is 2.42. The van der Waals surface area contributed by atoms with E-state index in [-0.39, 0.29) is 12.5 Å². The summed E-state index contributed by atoms with van der Waals surface area (Å²) in [6.45, 7) is 1.92. The van der Waals surface area contributed by atoms with Gasteiger partial charge in [-0.1, -0.05) is 6.92 Å². The first-order valence-electron chi connectivity index (χ1n) is 3.02. The molecule has 0 bridgehead atoms. The van der Waals surface area contributed by atoms with E-state index in [1.165, 1.54) is 0 Å². The van der Waals surface area contributed by atoms with Gasteiger partial charge in [-0.15, -0.1) is 0 Å². The van der Waals surface area contributed by atoms with Crippen LogP contribution in [0.25, 0.3) is 0 Å². The Hall–Kier alpha value is -1.06. The zero-order chi connectivity index (χ0) is 7.72. The first-order valence-corrected chi connectivity index (χ1v) is 3.02. The molecule has 0 saturated carbocycles. The molecule has 1 saturated heterocycles. The molecule has 1 heterocycles. The Kier molecular flexibility index (Phi) is 1.61. The Morgan fingerprint density at radius 2 is 2.40 bits per heavy atom. The summed E-state index contributed by atoms with van der Waals surface area (Å²) in [4.78, 5) is 20.9. The normalized spacial score (nSPS) is 31.9. The van der Waals surface area contributed by atoms with Gasteiger partial charge in [0.15, 0.2) is 5.92 Å². The molecule has 1 rings (SSSR count). The molecule has 0 amide bonds. The van der Waals surface area contributed by atoms with Gasteiger partial charge in [0.2, 0.25) is 0 Å². The molecular weight excluding hydrogens is 136 g/mol. The van der Waals surface area contributed by atoms with E-state index in [4.69, 9.17) is 5.11 Å². The number of esters is 1. The summed E-state index contributed by atoms with van der Waals surface area (Å²) < 4.78 is 4.52. The molecule has 56 valence electrons. The lowest BCUT2D eigenvalue weighted by Gasteiger charge is -2.01. The van der Waals surface area contributed by atoms with Crippen LogP contribution in [0.1, 0.15) is 6.92 Å². The minimum absolute atomic E-state index is 0.190. The predicted octanol–water partition coefficient (Wildman–Crippen LogP) is -0.120. The van der Waals surface area contributed by atoms with Gasteiger partial charge in [-0.05, 0) is 0 Å². The van der Waals surface area contributed by atoms with Gasteiger partial charge in [-0.2, -0.15) is 0 Å². The summed E-state index contributed by atoms with van der Waals surface area (Å²) >= 11 is 0. The molecule has 0 aliphatic carbocycles. The minimum Gasteiger partial charge on any atom is -0.481 e. The van der Waals surface area contributed by atoms with Crippen molar-refractivity contribution in [3.63, 3.8) is 0 Å². The van der Waals surface area contributed by atoms with Crippen LogP contribution in [-0.4, -0.2) is 23.7 Å². The van der Waals surface area contributed by atoms with Crippen LogP contribution in [0.4, 0.5) is 0 Å². The van der Waals surface area contributed by atoms with Crippen molar-refractivity contribution in [3.05, 3.63) is 0 Å². The smallest absolute Gasteiger partial charge is 0.320 e. The lowest BCUT2D eigenvalue weighted by Crippen LogP contribution is -2.23. The number of cyclic esters (lactones) is 1. The fourth-order valence-corrected chi connectivity index (χ4v) is 0.976. The number of hydrogen-bond donors (Lipinski definition) is 1. The van der Waals surface area contributed by atoms with Gasteiger partial charge < -0.3 is 9.84 Å². The molecule has 4 heteroatoms. The van der Waals surface area contributed by atoms with E-state index in [1.807, 2.05) is 0 Å². The van der Waals surface area contributed by atoms with Gasteiger partial charge in [0.25, 0.3) is 0 Å². The topological polar surface area (TPSA) is 63.6 Å². The number of aliphatic carboxylic acids is 1. The summed E-state index contributed by atoms with van der Waals surface area (Å²) in [5.74, 6) is -2.83. The van der Waals surface area contributed by atoms with Gasteiger partial charge in [0.05, 0.1) is 6.61 Å². The van der Waals surface area contributed by atoms with Crippen LogP contribution in [0.3, 0.4) is 0 Å². The highest BCUT2D eigenvalue weighted by Crippen LogP contribution is 2.21. The van der Waals surface area contributed by atoms with Crippen LogP contribution in [0.5, 0.6) is 0 Å². The second kappa shape index (κ2) is 2.28. The van der Waals surface area contributed by atoms with Crippen LogP contribution >= 0.6 is 0 Å². The second-order valence-corrected chi connectivity index (χ2v) is 2.42. The molecule has 2 atom stereocenters. The van der Waals surface area contributed by atoms with Crippen LogP contribution in [0.15, 0.2) is 0 Å². The Balaban J connectivity index is 2.72. The number of carboxylic acid groups (broad SMARTS) is 1. The zero-order valence-corrected chi connectivity index (χ0v) is 5.53. The molecule has 4 nitrogen and oxygen atoms in total. The third-order valence-corrected chi connectivity index (χ3v) is 1.58. The zero-order valence-electron chi connectivity index (χ0n) is 5.53. The number of hydrogen-bond acceptors (Lipinski definition) is 3. The lowest BCUT2D eigenvalue weighted by atomic mass is 9.98. The molecular formula is C6H8O4. The molecule has 1 aliphatic rings. The molecule has 1 aliphatic heterocycles. The van der Waals surface area contributed by atoms with Gasteiger partial charge >= 0.3 is 11.9 Å². The quantitative estimate of drug-likeness (QED) is 0.411. The molecule has 0 aromatic heterocycles. The maximum Gasteiger partial charge on any atom is 0.320 e. The monoisotopic (exact) mass is 144 g/mol. The van der Waals surface area contributed by atoms with E-state index in [2.05, 4.69) is 4.74 Å². The highest BCUT2D eigenvalue weighted by Gasteiger charge is 2.39. The maximum absolute atomic E-state index is 10.6. The lowest BCUT2D eigenvalue weighted by molar-refractivity contribution is -0.152. The van der Waals surface area contributed by atoms with E-state index >= 15 is 0 Å². The van der Waals surface area contributed by atoms with E-state index < -0.39 is 17.9 Å². The number of ether oxygens (including phenoxy) is 1. The fourth-order valence-electron chi connectivity index (χ4n) is 0.976. The first kappa shape index (κ1) is 7.05. The Bertz CT molecular complexity index is 175. The number of rotatable bonds is 1. The van der Waals surface area contributed by atoms with Crippen molar-refractivity contribution in [2.45, 2.75) is 6.92 Å². The van der Waals surface area contributed by atoms with Crippen molar-refractivity contribution in [1.29, 1.82) is 0 Å². The summed E-state index contributed by atoms with van der Waals surface area (Å²) in [6, 6.07) is 0. The maximum atomic E-state index is 10.6. The molecule has 0 aromatic carbocycles. The molecule has 1 fully saturated rings. The largest absolute Gasteiger partial charge is 0.481 e. The van der Waals surface area contributed by atoms with Crippen LogP contribution < -0.4 is 0 Å². The Labute approximate surface area is 57.8 Å². The van der Waals surface area contributed by atoms with Crippen molar-refractivity contribution >= 4 is 11.9 Å². The summed E-state index contributed by atoms with van der Waals surface area (Å²) in [6.07, 6.45) is 0. The number of carbonyl (C=O) groups excluding carboxylic acids is 1. The van der Waals surface area contributed by atoms with Crippen LogP contribution in [0, 0.1) is 11.8 Å². The Morgan fingerprint density at radius 1 is 1.80 bits per heavy atom. The van der Waals surface area contributed by atoms with Crippen LogP contribution in [0.2, 0.25) is 0 Å². The predicted molar refractivity (Wildman–Crippen MR) is 31.2 cm³/mol. The van der Waals surface area contributed by atoms with E-state index in [9.17, 15) is 9.59 Å². The van der Waals surface area contributed by atoms with E-state index in [1.54, 1.807) is 6.92 Å². The van der Waals surface area contributed by atoms with Crippen molar-refractivity contribution in [2.24, 2.45) is 11.8 Å². The van der Waals surface area contributed by atoms with Crippen molar-refractivity contribution < 1.29 is 19.4 Å². The summed E-state index contributed by atoms with van der Waals surface area (Å²) in [5, 5.41) is 8.45. The Morgan fingerprint density at radius 3 is 2.60 bits per heavy atom. The van der Waals surface area contributed by atoms with Crippen molar-refractivity contribution in [1.82, 2.24) is 0 Å². The highest BCUT2D eigenvalue weighted by molar-refractivity contribution is 5.95. The average molecular weight is 144 g/mol. The van der Waals surface area contributed by atoms with E-state index in [0.29, 0.717) is 0 Å². The number of carbonyl (C=O) groups is 2. The summed E-state index contributed by atoms with van der Waals surface area (Å²) in [5.41, 5.74) is 0. The summed E-state index contributed by atoms with van der Waals surface area (Å²) in [7, 11) is 0. The molecule has 10 heavy (non-hydrogen) atoms. The van der Waals surface area contributed by atoms with E-state index in [0.717, 1.165) is 0 Å². The highest BCUT2D eigenvalue weighted by atomic mass is 16.5. The average Bonchev–Trinajstić information content (AvgIpc) is 2.11. The van der Waals surface area contributed by atoms with Gasteiger partial charge in [-0.25, -0.2) is 0 Å². The van der Waals surface area contributed by atoms with Crippen molar-refractivity contribution in [3.8, 4) is 0 Å². The van der Waals surface area contributed by atoms with Crippen molar-refractivity contribution in [2.75, 3.05) is 6.61 Å². The number of carboxylic acids is 1. The molecule has 0 unspecified atom stereocenters. The SMILES string of the molecule is C[C@@H]1COC(=O)[C@H]1C(=O)O. The standard InChI is InChI=1S/C6H8O4/c1-3-2-10-6(9)4(3)5(7)8/h3-4H,2H2,1H3,(H,7,8)/t3-,4-/m1/s1. The van der Waals surface area contributed by atoms with Gasteiger partial charge in [0, 0.05) is 5.92 Å². The molecule has 0 aromatic rings. The third kappa shape index (κ3) is 0.964. The first-order chi connectivity index (χ1) is 4.63. The molecule has 0 radical (unpaired) electrons. The fraction of sp³-hybridized carbons (Fsp3) is 0.667. The third-order valence-electron chi connectivity index (χ3n) is 1.58. The van der Waals surface area contributed by atoms with Gasteiger partial charge in [0.1, 0.15) is 0 Å². The van der Waals surface area contributed by atoms with Crippen LogP contribution in [-0.2, 0) is 14.3 Å². The van der Waals surface area contributed by atoms with Gasteiger partial charge in [-0.3, -0.25) is 9.59 Å².